The smallest absolute Gasteiger partial charge is 0.167 e. The molecular formula is C24H30ClN5O6S. The second kappa shape index (κ2) is 11.3. The quantitative estimate of drug-likeness (QED) is 0.368. The summed E-state index contributed by atoms with van der Waals surface area (Å²) in [5, 5.41) is 8.01. The van der Waals surface area contributed by atoms with Gasteiger partial charge < -0.3 is 18.9 Å². The van der Waals surface area contributed by atoms with Crippen LogP contribution in [0.25, 0.3) is 5.69 Å². The lowest BCUT2D eigenvalue weighted by Crippen LogP contribution is -2.30. The van der Waals surface area contributed by atoms with Gasteiger partial charge in [0.05, 0.1) is 30.6 Å². The third-order valence-corrected chi connectivity index (χ3v) is 8.61. The lowest BCUT2D eigenvalue weighted by molar-refractivity contribution is 0.0491. The fraction of sp³-hybridized carbons (Fsp3) is 0.500. The van der Waals surface area contributed by atoms with Gasteiger partial charge in [-0.3, -0.25) is 4.57 Å². The van der Waals surface area contributed by atoms with Crippen LogP contribution in [0.15, 0.2) is 30.6 Å². The zero-order chi connectivity index (χ0) is 26.7. The Morgan fingerprint density at radius 2 is 1.76 bits per heavy atom. The maximum Gasteiger partial charge on any atom is 0.167 e. The van der Waals surface area contributed by atoms with Crippen LogP contribution < -0.4 is 9.47 Å². The van der Waals surface area contributed by atoms with Crippen LogP contribution >= 0.6 is 11.6 Å². The summed E-state index contributed by atoms with van der Waals surface area (Å²) in [7, 11) is 0.617. The molecule has 4 atom stereocenters. The zero-order valence-electron chi connectivity index (χ0n) is 21.3. The second-order valence-electron chi connectivity index (χ2n) is 8.76. The van der Waals surface area contributed by atoms with Crippen LogP contribution in [0.2, 0.25) is 5.02 Å². The van der Waals surface area contributed by atoms with Crippen LogP contribution in [0.5, 0.6) is 11.5 Å². The van der Waals surface area contributed by atoms with Crippen molar-refractivity contribution in [3.63, 3.8) is 0 Å². The Kier molecular flexibility index (Phi) is 8.32. The Bertz CT molecular complexity index is 1310. The van der Waals surface area contributed by atoms with Gasteiger partial charge in [0.25, 0.3) is 0 Å². The van der Waals surface area contributed by atoms with E-state index in [4.69, 9.17) is 30.5 Å². The van der Waals surface area contributed by atoms with E-state index in [-0.39, 0.29) is 23.9 Å². The first kappa shape index (κ1) is 27.2. The SMILES string of the molecule is COc1cccc(OC)c1-n1c(CS(=O)(=O)[C@@H](C)[C@H](OC)c2ncc(Cl)cn2)nnc1[C@@H]1CC[C@H](C)O1. The first-order valence-corrected chi connectivity index (χ1v) is 13.8. The molecule has 1 aliphatic rings. The zero-order valence-corrected chi connectivity index (χ0v) is 22.9. The fourth-order valence-electron chi connectivity index (χ4n) is 4.40. The topological polar surface area (TPSA) is 128 Å². The van der Waals surface area contributed by atoms with Gasteiger partial charge in [0, 0.05) is 19.5 Å². The molecule has 3 heterocycles. The van der Waals surface area contributed by atoms with E-state index < -0.39 is 26.9 Å². The molecule has 0 amide bonds. The van der Waals surface area contributed by atoms with E-state index in [0.717, 1.165) is 12.8 Å². The van der Waals surface area contributed by atoms with Crippen LogP contribution in [0.1, 0.15) is 56.4 Å². The molecule has 1 fully saturated rings. The number of aromatic nitrogens is 5. The number of rotatable bonds is 10. The molecule has 4 rings (SSSR count). The lowest BCUT2D eigenvalue weighted by atomic mass is 10.2. The molecule has 3 aromatic rings. The van der Waals surface area contributed by atoms with Crippen molar-refractivity contribution in [2.75, 3.05) is 21.3 Å². The van der Waals surface area contributed by atoms with Crippen LogP contribution in [-0.4, -0.2) is 65.8 Å². The van der Waals surface area contributed by atoms with Gasteiger partial charge in [-0.05, 0) is 38.8 Å². The van der Waals surface area contributed by atoms with Gasteiger partial charge in [0.15, 0.2) is 27.3 Å². The molecule has 0 aliphatic carbocycles. The van der Waals surface area contributed by atoms with E-state index in [9.17, 15) is 8.42 Å². The second-order valence-corrected chi connectivity index (χ2v) is 11.6. The highest BCUT2D eigenvalue weighted by molar-refractivity contribution is 7.91. The van der Waals surface area contributed by atoms with Crippen LogP contribution in [0.4, 0.5) is 0 Å². The number of methoxy groups -OCH3 is 3. The molecular weight excluding hydrogens is 522 g/mol. The Morgan fingerprint density at radius 3 is 2.30 bits per heavy atom. The molecule has 1 saturated heterocycles. The van der Waals surface area contributed by atoms with E-state index >= 15 is 0 Å². The Labute approximate surface area is 221 Å². The molecule has 0 spiro atoms. The van der Waals surface area contributed by atoms with Gasteiger partial charge in [0.1, 0.15) is 35.1 Å². The predicted octanol–water partition coefficient (Wildman–Crippen LogP) is 3.66. The highest BCUT2D eigenvalue weighted by Gasteiger charge is 2.37. The molecule has 1 aliphatic heterocycles. The van der Waals surface area contributed by atoms with Gasteiger partial charge in [-0.25, -0.2) is 18.4 Å². The van der Waals surface area contributed by atoms with Crippen molar-refractivity contribution in [2.24, 2.45) is 0 Å². The molecule has 0 N–H and O–H groups in total. The molecule has 0 radical (unpaired) electrons. The average Bonchev–Trinajstić information content (AvgIpc) is 3.50. The molecule has 200 valence electrons. The summed E-state index contributed by atoms with van der Waals surface area (Å²) in [5.41, 5.74) is 0.498. The number of hydrogen-bond donors (Lipinski definition) is 0. The van der Waals surface area contributed by atoms with Crippen molar-refractivity contribution in [3.05, 3.63) is 53.1 Å². The van der Waals surface area contributed by atoms with E-state index in [1.807, 2.05) is 6.92 Å². The first-order valence-electron chi connectivity index (χ1n) is 11.7. The summed E-state index contributed by atoms with van der Waals surface area (Å²) in [6, 6.07) is 5.31. The molecule has 0 saturated carbocycles. The van der Waals surface area contributed by atoms with E-state index in [2.05, 4.69) is 20.2 Å². The predicted molar refractivity (Wildman–Crippen MR) is 136 cm³/mol. The van der Waals surface area contributed by atoms with E-state index in [1.165, 1.54) is 33.7 Å². The number of para-hydroxylation sites is 1. The maximum atomic E-state index is 13.7. The van der Waals surface area contributed by atoms with Crippen LogP contribution in [0, 0.1) is 0 Å². The fourth-order valence-corrected chi connectivity index (χ4v) is 5.91. The summed E-state index contributed by atoms with van der Waals surface area (Å²) >= 11 is 5.89. The van der Waals surface area contributed by atoms with Gasteiger partial charge in [-0.1, -0.05) is 17.7 Å². The minimum atomic E-state index is -3.86. The largest absolute Gasteiger partial charge is 0.494 e. The summed E-state index contributed by atoms with van der Waals surface area (Å²) in [4.78, 5) is 8.30. The maximum absolute atomic E-state index is 13.7. The summed E-state index contributed by atoms with van der Waals surface area (Å²) < 4.78 is 51.8. The highest BCUT2D eigenvalue weighted by atomic mass is 35.5. The Morgan fingerprint density at radius 1 is 1.11 bits per heavy atom. The van der Waals surface area contributed by atoms with Gasteiger partial charge in [-0.15, -0.1) is 10.2 Å². The molecule has 0 unspecified atom stereocenters. The number of nitrogens with zero attached hydrogens (tertiary/aromatic N) is 5. The molecule has 1 aromatic carbocycles. The van der Waals surface area contributed by atoms with Gasteiger partial charge in [0.2, 0.25) is 0 Å². The summed E-state index contributed by atoms with van der Waals surface area (Å²) in [6.45, 7) is 3.54. The van der Waals surface area contributed by atoms with E-state index in [0.29, 0.717) is 28.0 Å². The van der Waals surface area contributed by atoms with Crippen LogP contribution in [0.3, 0.4) is 0 Å². The molecule has 2 aromatic heterocycles. The minimum Gasteiger partial charge on any atom is -0.494 e. The van der Waals surface area contributed by atoms with Crippen molar-refractivity contribution < 1.29 is 27.4 Å². The molecule has 11 nitrogen and oxygen atoms in total. The van der Waals surface area contributed by atoms with Crippen LogP contribution in [-0.2, 0) is 25.1 Å². The van der Waals surface area contributed by atoms with Gasteiger partial charge >= 0.3 is 0 Å². The number of ether oxygens (including phenoxy) is 4. The van der Waals surface area contributed by atoms with Crippen molar-refractivity contribution in [1.82, 2.24) is 24.7 Å². The number of hydrogen-bond acceptors (Lipinski definition) is 10. The third-order valence-electron chi connectivity index (χ3n) is 6.37. The van der Waals surface area contributed by atoms with Crippen molar-refractivity contribution >= 4 is 21.4 Å². The molecule has 0 bridgehead atoms. The number of sulfone groups is 1. The Balaban J connectivity index is 1.78. The monoisotopic (exact) mass is 551 g/mol. The summed E-state index contributed by atoms with van der Waals surface area (Å²) in [6.07, 6.45) is 3.13. The average molecular weight is 552 g/mol. The number of halogens is 1. The molecule has 13 heteroatoms. The van der Waals surface area contributed by atoms with Crippen molar-refractivity contribution in [1.29, 1.82) is 0 Å². The lowest BCUT2D eigenvalue weighted by Gasteiger charge is -2.22. The van der Waals surface area contributed by atoms with Crippen molar-refractivity contribution in [2.45, 2.75) is 56.0 Å². The number of benzene rings is 1. The summed E-state index contributed by atoms with van der Waals surface area (Å²) in [5.74, 6) is 1.40. The minimum absolute atomic E-state index is 0.0451. The third kappa shape index (κ3) is 5.57. The first-order chi connectivity index (χ1) is 17.7. The molecule has 37 heavy (non-hydrogen) atoms. The van der Waals surface area contributed by atoms with E-state index in [1.54, 1.807) is 29.7 Å². The Hall–Kier alpha value is -2.80. The van der Waals surface area contributed by atoms with Crippen molar-refractivity contribution in [3.8, 4) is 17.2 Å². The highest BCUT2D eigenvalue weighted by Crippen LogP contribution is 2.39. The normalized spacial score (nSPS) is 19.5. The standard InChI is InChI=1S/C24H30ClN5O6S/c1-14-9-10-19(36-14)24-29-28-20(30(24)21-17(33-3)7-6-8-18(21)34-4)13-37(31,32)15(2)22(35-5)23-26-11-16(25)12-27-23/h6-8,11-12,14-15,19,22H,9-10,13H2,1-5H3/t14-,15-,19-,22-/m0/s1. The van der Waals surface area contributed by atoms with Gasteiger partial charge in [-0.2, -0.15) is 0 Å².